The predicted molar refractivity (Wildman–Crippen MR) is 38.5 cm³/mol. The zero-order valence-corrected chi connectivity index (χ0v) is 7.23. The molecule has 0 aromatic rings. The van der Waals surface area contributed by atoms with Crippen LogP contribution in [-0.2, 0) is 4.57 Å². The van der Waals surface area contributed by atoms with Crippen LogP contribution in [-0.4, -0.2) is 4.63 Å². The molecule has 0 amide bonds. The first kappa shape index (κ1) is 9.06. The minimum atomic E-state index is -3.45. The molecule has 0 fully saturated rings. The quantitative estimate of drug-likeness (QED) is 0.486. The van der Waals surface area contributed by atoms with Gasteiger partial charge >= 0.3 is 6.00 Å². The Morgan fingerprint density at radius 1 is 1.38 bits per heavy atom. The molecule has 0 spiro atoms. The fourth-order valence-corrected chi connectivity index (χ4v) is 1.82. The van der Waals surface area contributed by atoms with Gasteiger partial charge in [-0.05, 0) is 45.7 Å². The van der Waals surface area contributed by atoms with Crippen molar-refractivity contribution in [2.24, 2.45) is 4.76 Å². The van der Waals surface area contributed by atoms with Gasteiger partial charge in [-0.1, -0.05) is 0 Å². The molecule has 7 heteroatoms. The maximum Gasteiger partial charge on any atom is 0.366 e. The van der Waals surface area contributed by atoms with E-state index in [1.54, 1.807) is 0 Å². The summed E-state index contributed by atoms with van der Waals surface area (Å²) in [6, 6.07) is 0. The molecule has 0 saturated heterocycles. The number of nitrogens with zero attached hydrogens (tertiary/aromatic N) is 1. The van der Waals surface area contributed by atoms with Crippen LogP contribution >= 0.6 is 51.7 Å². The van der Waals surface area contributed by atoms with Crippen molar-refractivity contribution in [1.29, 1.82) is 0 Å². The topological polar surface area (TPSA) is 29.4 Å². The summed E-state index contributed by atoms with van der Waals surface area (Å²) < 4.78 is 12.7. The zero-order chi connectivity index (χ0) is 6.78. The Balaban J connectivity index is 4.11. The summed E-state index contributed by atoms with van der Waals surface area (Å²) in [5, 5.41) is 0. The number of halogens is 4. The van der Waals surface area contributed by atoms with Gasteiger partial charge in [0, 0.05) is 0 Å². The Morgan fingerprint density at radius 2 is 1.75 bits per heavy atom. The van der Waals surface area contributed by atoms with Crippen molar-refractivity contribution < 1.29 is 4.57 Å². The molecule has 0 atom stereocenters. The van der Waals surface area contributed by atoms with Gasteiger partial charge in [-0.3, -0.25) is 4.57 Å². The minimum Gasteiger partial charge on any atom is -0.262 e. The molecule has 0 N–H and O–H groups in total. The standard InChI is InChI=1S/CCl4NOP/c2-1(3)6-8(4,5)7. The minimum absolute atomic E-state index is 0.432. The summed E-state index contributed by atoms with van der Waals surface area (Å²) in [4.78, 5) is 0. The van der Waals surface area contributed by atoms with Gasteiger partial charge in [0.1, 0.15) is 0 Å². The highest BCUT2D eigenvalue weighted by atomic mass is 35.9. The highest BCUT2D eigenvalue weighted by Gasteiger charge is 2.10. The lowest BCUT2D eigenvalue weighted by Gasteiger charge is -1.87. The largest absolute Gasteiger partial charge is 0.366 e. The molecule has 0 aliphatic rings. The first-order valence-electron chi connectivity index (χ1n) is 1.32. The first-order valence-corrected chi connectivity index (χ1v) is 5.55. The highest BCUT2D eigenvalue weighted by Crippen LogP contribution is 2.58. The van der Waals surface area contributed by atoms with E-state index in [1.807, 2.05) is 0 Å². The molecule has 0 aliphatic heterocycles. The van der Waals surface area contributed by atoms with Crippen molar-refractivity contribution in [3.8, 4) is 0 Å². The summed E-state index contributed by atoms with van der Waals surface area (Å²) in [6.07, 6.45) is 0. The Bertz CT molecular complexity index is 144. The molecule has 0 aromatic carbocycles. The van der Waals surface area contributed by atoms with Gasteiger partial charge < -0.3 is 0 Å². The fourth-order valence-electron chi connectivity index (χ4n) is 0.0880. The molecule has 0 aliphatic carbocycles. The van der Waals surface area contributed by atoms with Crippen molar-refractivity contribution in [2.45, 2.75) is 0 Å². The summed E-state index contributed by atoms with van der Waals surface area (Å²) >= 11 is 19.7. The van der Waals surface area contributed by atoms with E-state index in [-0.39, 0.29) is 0 Å². The van der Waals surface area contributed by atoms with Gasteiger partial charge in [-0.2, -0.15) is 4.76 Å². The van der Waals surface area contributed by atoms with Crippen LogP contribution in [0.5, 0.6) is 0 Å². The average Bonchev–Trinajstić information content (AvgIpc) is 1.21. The van der Waals surface area contributed by atoms with Gasteiger partial charge in [0.15, 0.2) is 0 Å². The summed E-state index contributed by atoms with van der Waals surface area (Å²) in [6.45, 7) is 0. The van der Waals surface area contributed by atoms with E-state index in [4.69, 9.17) is 45.7 Å². The summed E-state index contributed by atoms with van der Waals surface area (Å²) in [5.74, 6) is -3.45. The van der Waals surface area contributed by atoms with E-state index in [0.717, 1.165) is 0 Å². The van der Waals surface area contributed by atoms with Gasteiger partial charge in [0.05, 0.1) is 0 Å². The highest BCUT2D eigenvalue weighted by molar-refractivity contribution is 8.07. The van der Waals surface area contributed by atoms with E-state index in [0.29, 0.717) is 0 Å². The van der Waals surface area contributed by atoms with Gasteiger partial charge in [0.2, 0.25) is 4.63 Å². The third-order valence-electron chi connectivity index (χ3n) is 0.192. The number of rotatable bonds is 1. The average molecular weight is 215 g/mol. The van der Waals surface area contributed by atoms with Crippen LogP contribution in [0.25, 0.3) is 0 Å². The van der Waals surface area contributed by atoms with Crippen LogP contribution in [0.1, 0.15) is 0 Å². The molecule has 0 heterocycles. The van der Waals surface area contributed by atoms with Crippen molar-refractivity contribution >= 4 is 56.3 Å². The second-order valence-electron chi connectivity index (χ2n) is 0.775. The Hall–Kier alpha value is 1.06. The molecular formula is CCl4NOP. The van der Waals surface area contributed by atoms with E-state index >= 15 is 0 Å². The predicted octanol–water partition coefficient (Wildman–Crippen LogP) is 3.41. The van der Waals surface area contributed by atoms with Crippen molar-refractivity contribution in [1.82, 2.24) is 0 Å². The van der Waals surface area contributed by atoms with Crippen LogP contribution in [0.2, 0.25) is 0 Å². The molecule has 8 heavy (non-hydrogen) atoms. The molecule has 0 saturated carbocycles. The first-order chi connectivity index (χ1) is 3.42. The second kappa shape index (κ2) is 3.28. The molecule has 0 aromatic heterocycles. The fraction of sp³-hybridized carbons (Fsp3) is 0. The smallest absolute Gasteiger partial charge is 0.262 e. The summed E-state index contributed by atoms with van der Waals surface area (Å²) in [5.41, 5.74) is 0. The maximum absolute atomic E-state index is 10.2. The van der Waals surface area contributed by atoms with E-state index in [9.17, 15) is 4.57 Å². The molecule has 2 nitrogen and oxygen atoms in total. The second-order valence-corrected chi connectivity index (χ2v) is 6.02. The van der Waals surface area contributed by atoms with Crippen LogP contribution in [0.4, 0.5) is 0 Å². The van der Waals surface area contributed by atoms with Crippen LogP contribution in [0.15, 0.2) is 4.76 Å². The maximum atomic E-state index is 10.2. The molecule has 0 radical (unpaired) electrons. The van der Waals surface area contributed by atoms with Gasteiger partial charge in [-0.15, -0.1) is 0 Å². The summed E-state index contributed by atoms with van der Waals surface area (Å²) in [7, 11) is 0. The molecule has 48 valence electrons. The zero-order valence-electron chi connectivity index (χ0n) is 3.31. The normalized spacial score (nSPS) is 11.0. The lowest BCUT2D eigenvalue weighted by atomic mass is 11.7. The third kappa shape index (κ3) is 7.06. The number of hydrogen-bond acceptors (Lipinski definition) is 1. The Labute approximate surface area is 65.8 Å². The van der Waals surface area contributed by atoms with Gasteiger partial charge in [0.25, 0.3) is 0 Å². The molecule has 0 bridgehead atoms. The van der Waals surface area contributed by atoms with Crippen LogP contribution < -0.4 is 0 Å². The van der Waals surface area contributed by atoms with Crippen LogP contribution in [0.3, 0.4) is 0 Å². The molecular weight excluding hydrogens is 215 g/mol. The van der Waals surface area contributed by atoms with Crippen LogP contribution in [0, 0.1) is 0 Å². The van der Waals surface area contributed by atoms with Crippen molar-refractivity contribution in [3.05, 3.63) is 0 Å². The van der Waals surface area contributed by atoms with E-state index in [2.05, 4.69) is 4.76 Å². The lowest BCUT2D eigenvalue weighted by Crippen LogP contribution is -1.62. The monoisotopic (exact) mass is 213 g/mol. The Kier molecular flexibility index (Phi) is 3.72. The number of hydrogen-bond donors (Lipinski definition) is 0. The van der Waals surface area contributed by atoms with Crippen molar-refractivity contribution in [2.75, 3.05) is 0 Å². The van der Waals surface area contributed by atoms with E-state index < -0.39 is 10.6 Å². The lowest BCUT2D eigenvalue weighted by molar-refractivity contribution is 0.593. The van der Waals surface area contributed by atoms with Crippen molar-refractivity contribution in [3.63, 3.8) is 0 Å². The Morgan fingerprint density at radius 3 is 1.75 bits per heavy atom. The molecule has 0 unspecified atom stereocenters. The SMILES string of the molecule is O=P(Cl)(Cl)N=C(Cl)Cl. The van der Waals surface area contributed by atoms with E-state index in [1.165, 1.54) is 0 Å². The molecule has 0 rings (SSSR count). The third-order valence-corrected chi connectivity index (χ3v) is 1.48. The van der Waals surface area contributed by atoms with Gasteiger partial charge in [-0.25, -0.2) is 0 Å².